The number of thiophene rings is 1. The molecule has 0 atom stereocenters. The van der Waals surface area contributed by atoms with Crippen molar-refractivity contribution in [2.45, 2.75) is 70.3 Å². The Morgan fingerprint density at radius 3 is 2.81 bits per heavy atom. The molecule has 0 bridgehead atoms. The first-order valence-electron chi connectivity index (χ1n) is 9.08. The molecule has 4 rings (SSSR count). The summed E-state index contributed by atoms with van der Waals surface area (Å²) in [5.41, 5.74) is 3.40. The van der Waals surface area contributed by atoms with Crippen LogP contribution in [0.15, 0.2) is 14.5 Å². The molecule has 5 nitrogen and oxygen atoms in total. The van der Waals surface area contributed by atoms with Gasteiger partial charge in [-0.15, -0.1) is 11.3 Å². The summed E-state index contributed by atoms with van der Waals surface area (Å²) in [4.78, 5) is 19.9. The molecule has 3 aromatic rings. The fraction of sp³-hybridized carbons (Fsp3) is 0.526. The molecular formula is C19H23N3O2S2. The van der Waals surface area contributed by atoms with Crippen LogP contribution in [0.25, 0.3) is 10.2 Å². The number of rotatable bonds is 4. The molecule has 1 aliphatic rings. The van der Waals surface area contributed by atoms with E-state index in [0.29, 0.717) is 5.75 Å². The van der Waals surface area contributed by atoms with Crippen molar-refractivity contribution < 1.29 is 4.52 Å². The molecular weight excluding hydrogens is 366 g/mol. The fourth-order valence-corrected chi connectivity index (χ4v) is 5.70. The molecule has 0 radical (unpaired) electrons. The molecule has 0 spiro atoms. The maximum absolute atomic E-state index is 13.1. The van der Waals surface area contributed by atoms with E-state index in [4.69, 9.17) is 9.51 Å². The Labute approximate surface area is 160 Å². The van der Waals surface area contributed by atoms with Crippen LogP contribution in [0, 0.1) is 13.8 Å². The average molecular weight is 390 g/mol. The third-order valence-electron chi connectivity index (χ3n) is 5.09. The smallest absolute Gasteiger partial charge is 0.263 e. The zero-order valence-corrected chi connectivity index (χ0v) is 17.2. The number of aryl methyl sites for hydroxylation is 3. The van der Waals surface area contributed by atoms with Crippen molar-refractivity contribution in [1.29, 1.82) is 0 Å². The van der Waals surface area contributed by atoms with Gasteiger partial charge in [0.05, 0.1) is 11.1 Å². The molecule has 0 aromatic carbocycles. The Morgan fingerprint density at radius 2 is 2.04 bits per heavy atom. The molecule has 7 heteroatoms. The zero-order chi connectivity index (χ0) is 18.4. The maximum Gasteiger partial charge on any atom is 0.263 e. The van der Waals surface area contributed by atoms with Crippen LogP contribution in [0.1, 0.15) is 60.2 Å². The Bertz CT molecular complexity index is 1030. The van der Waals surface area contributed by atoms with Crippen molar-refractivity contribution in [3.63, 3.8) is 0 Å². The van der Waals surface area contributed by atoms with Crippen LogP contribution < -0.4 is 5.56 Å². The van der Waals surface area contributed by atoms with E-state index in [2.05, 4.69) is 12.1 Å². The van der Waals surface area contributed by atoms with E-state index in [-0.39, 0.29) is 11.6 Å². The third kappa shape index (κ3) is 2.91. The van der Waals surface area contributed by atoms with Crippen molar-refractivity contribution in [2.75, 3.05) is 0 Å². The summed E-state index contributed by atoms with van der Waals surface area (Å²) in [7, 11) is 0. The molecule has 0 amide bonds. The fourth-order valence-electron chi connectivity index (χ4n) is 3.54. The highest BCUT2D eigenvalue weighted by molar-refractivity contribution is 7.98. The van der Waals surface area contributed by atoms with Gasteiger partial charge in [-0.05, 0) is 52.5 Å². The van der Waals surface area contributed by atoms with Gasteiger partial charge >= 0.3 is 0 Å². The van der Waals surface area contributed by atoms with E-state index in [1.54, 1.807) is 23.1 Å². The summed E-state index contributed by atoms with van der Waals surface area (Å²) >= 11 is 3.19. The largest absolute Gasteiger partial charge is 0.361 e. The lowest BCUT2D eigenvalue weighted by atomic mass is 9.97. The van der Waals surface area contributed by atoms with E-state index in [1.165, 1.54) is 18.4 Å². The molecule has 3 heterocycles. The summed E-state index contributed by atoms with van der Waals surface area (Å²) in [5, 5.41) is 5.82. The number of fused-ring (bicyclic) bond motifs is 2. The van der Waals surface area contributed by atoms with Crippen LogP contribution in [-0.4, -0.2) is 14.7 Å². The van der Waals surface area contributed by atoms with E-state index in [9.17, 15) is 4.79 Å². The predicted octanol–water partition coefficient (Wildman–Crippen LogP) is 4.81. The van der Waals surface area contributed by atoms with E-state index in [0.717, 1.165) is 50.1 Å². The van der Waals surface area contributed by atoms with Crippen molar-refractivity contribution in [3.8, 4) is 0 Å². The first kappa shape index (κ1) is 17.8. The summed E-state index contributed by atoms with van der Waals surface area (Å²) < 4.78 is 7.33. The van der Waals surface area contributed by atoms with Gasteiger partial charge in [-0.3, -0.25) is 9.36 Å². The van der Waals surface area contributed by atoms with Crippen molar-refractivity contribution in [1.82, 2.24) is 14.7 Å². The minimum Gasteiger partial charge on any atom is -0.361 e. The van der Waals surface area contributed by atoms with Crippen LogP contribution in [-0.2, 0) is 18.6 Å². The second-order valence-electron chi connectivity index (χ2n) is 7.15. The lowest BCUT2D eigenvalue weighted by Crippen LogP contribution is -2.25. The van der Waals surface area contributed by atoms with Gasteiger partial charge in [0, 0.05) is 28.7 Å². The first-order valence-corrected chi connectivity index (χ1v) is 10.9. The Balaban J connectivity index is 1.73. The molecule has 0 fully saturated rings. The number of hydrogen-bond donors (Lipinski definition) is 0. The number of thioether (sulfide) groups is 1. The summed E-state index contributed by atoms with van der Waals surface area (Å²) in [6.45, 7) is 8.13. The van der Waals surface area contributed by atoms with Crippen molar-refractivity contribution in [2.24, 2.45) is 0 Å². The van der Waals surface area contributed by atoms with Crippen LogP contribution in [0.5, 0.6) is 0 Å². The molecule has 0 unspecified atom stereocenters. The van der Waals surface area contributed by atoms with Crippen molar-refractivity contribution >= 4 is 33.3 Å². The summed E-state index contributed by atoms with van der Waals surface area (Å²) in [6, 6.07) is 0.0627. The molecule has 0 N–H and O–H groups in total. The van der Waals surface area contributed by atoms with Gasteiger partial charge in [-0.25, -0.2) is 4.98 Å². The predicted molar refractivity (Wildman–Crippen MR) is 106 cm³/mol. The normalized spacial score (nSPS) is 14.3. The minimum atomic E-state index is 0.0627. The lowest BCUT2D eigenvalue weighted by Gasteiger charge is -2.15. The number of hydrogen-bond acceptors (Lipinski definition) is 6. The number of nitrogens with zero attached hydrogens (tertiary/aromatic N) is 3. The Kier molecular flexibility index (Phi) is 4.69. The number of aromatic nitrogens is 3. The Morgan fingerprint density at radius 1 is 1.27 bits per heavy atom. The molecule has 3 aromatic heterocycles. The average Bonchev–Trinajstić information content (AvgIpc) is 3.14. The molecule has 0 saturated heterocycles. The second kappa shape index (κ2) is 6.85. The highest BCUT2D eigenvalue weighted by Gasteiger charge is 2.22. The first-order chi connectivity index (χ1) is 12.5. The van der Waals surface area contributed by atoms with Gasteiger partial charge in [0.15, 0.2) is 5.16 Å². The van der Waals surface area contributed by atoms with Gasteiger partial charge in [-0.2, -0.15) is 0 Å². The van der Waals surface area contributed by atoms with Gasteiger partial charge < -0.3 is 4.52 Å². The van der Waals surface area contributed by atoms with Gasteiger partial charge in [0.2, 0.25) is 0 Å². The van der Waals surface area contributed by atoms with Crippen LogP contribution in [0.2, 0.25) is 0 Å². The van der Waals surface area contributed by atoms with Crippen LogP contribution in [0.3, 0.4) is 0 Å². The standard InChI is InChI=1S/C19H23N3O2S2/c1-10(2)22-18(23)16-11(3)12(4)26-17(16)20-19(22)25-9-14-13-7-5-6-8-15(13)24-21-14/h10H,5-9H2,1-4H3. The van der Waals surface area contributed by atoms with E-state index < -0.39 is 0 Å². The topological polar surface area (TPSA) is 60.9 Å². The summed E-state index contributed by atoms with van der Waals surface area (Å²) in [5.74, 6) is 1.73. The van der Waals surface area contributed by atoms with Crippen molar-refractivity contribution in [3.05, 3.63) is 37.8 Å². The van der Waals surface area contributed by atoms with Gasteiger partial charge in [-0.1, -0.05) is 16.9 Å². The zero-order valence-electron chi connectivity index (χ0n) is 15.6. The maximum atomic E-state index is 13.1. The molecule has 0 aliphatic heterocycles. The van der Waals surface area contributed by atoms with E-state index >= 15 is 0 Å². The molecule has 1 aliphatic carbocycles. The minimum absolute atomic E-state index is 0.0627. The monoisotopic (exact) mass is 389 g/mol. The second-order valence-corrected chi connectivity index (χ2v) is 9.30. The summed E-state index contributed by atoms with van der Waals surface area (Å²) in [6.07, 6.45) is 4.40. The SMILES string of the molecule is Cc1sc2nc(SCc3noc4c3CCCC4)n(C(C)C)c(=O)c2c1C. The molecule has 0 saturated carbocycles. The van der Waals surface area contributed by atoms with Gasteiger partial charge in [0.1, 0.15) is 10.6 Å². The van der Waals surface area contributed by atoms with Gasteiger partial charge in [0.25, 0.3) is 5.56 Å². The third-order valence-corrected chi connectivity index (χ3v) is 7.15. The highest BCUT2D eigenvalue weighted by Crippen LogP contribution is 2.32. The lowest BCUT2D eigenvalue weighted by molar-refractivity contribution is 0.369. The molecule has 26 heavy (non-hydrogen) atoms. The van der Waals surface area contributed by atoms with Crippen LogP contribution in [0.4, 0.5) is 0 Å². The molecule has 138 valence electrons. The quantitative estimate of drug-likeness (QED) is 0.473. The van der Waals surface area contributed by atoms with E-state index in [1.807, 2.05) is 25.3 Å². The highest BCUT2D eigenvalue weighted by atomic mass is 32.2. The van der Waals surface area contributed by atoms with Crippen LogP contribution >= 0.6 is 23.1 Å². The Hall–Kier alpha value is -1.60.